The maximum atomic E-state index is 11.8. The van der Waals surface area contributed by atoms with E-state index in [2.05, 4.69) is 44.9 Å². The highest BCUT2D eigenvalue weighted by atomic mass is 79.9. The van der Waals surface area contributed by atoms with Crippen LogP contribution in [0.4, 0.5) is 5.69 Å². The lowest BCUT2D eigenvalue weighted by Gasteiger charge is -2.07. The van der Waals surface area contributed by atoms with Crippen molar-refractivity contribution in [3.05, 3.63) is 50.6 Å². The van der Waals surface area contributed by atoms with E-state index in [1.54, 1.807) is 11.3 Å². The molecule has 100 valence electrons. The predicted molar refractivity (Wildman–Crippen MR) is 83.5 cm³/mol. The third-order valence-electron chi connectivity index (χ3n) is 2.65. The normalized spacial score (nSPS) is 10.4. The summed E-state index contributed by atoms with van der Waals surface area (Å²) < 4.78 is 0.951. The fourth-order valence-corrected chi connectivity index (χ4v) is 2.92. The summed E-state index contributed by atoms with van der Waals surface area (Å²) in [6, 6.07) is 9.65. The van der Waals surface area contributed by atoms with Crippen LogP contribution in [0.5, 0.6) is 0 Å². The van der Waals surface area contributed by atoms with E-state index in [-0.39, 0.29) is 5.91 Å². The number of nitrogens with one attached hydrogen (secondary N) is 2. The summed E-state index contributed by atoms with van der Waals surface area (Å²) >= 11 is 5.08. The molecule has 0 saturated heterocycles. The Morgan fingerprint density at radius 1 is 1.37 bits per heavy atom. The molecule has 2 aromatic rings. The molecule has 0 aliphatic heterocycles. The molecule has 1 amide bonds. The largest absolute Gasteiger partial charge is 0.325 e. The Labute approximate surface area is 125 Å². The van der Waals surface area contributed by atoms with Gasteiger partial charge in [0.05, 0.1) is 6.54 Å². The Bertz CT molecular complexity index is 568. The van der Waals surface area contributed by atoms with Gasteiger partial charge in [0.15, 0.2) is 0 Å². The van der Waals surface area contributed by atoms with Crippen LogP contribution in [0.15, 0.2) is 40.2 Å². The zero-order valence-electron chi connectivity index (χ0n) is 10.6. The second-order valence-electron chi connectivity index (χ2n) is 4.19. The van der Waals surface area contributed by atoms with E-state index in [0.29, 0.717) is 6.54 Å². The number of anilines is 1. The van der Waals surface area contributed by atoms with E-state index in [1.807, 2.05) is 24.3 Å². The van der Waals surface area contributed by atoms with Crippen molar-refractivity contribution in [3.63, 3.8) is 0 Å². The van der Waals surface area contributed by atoms with Gasteiger partial charge in [0.1, 0.15) is 0 Å². The summed E-state index contributed by atoms with van der Waals surface area (Å²) in [5, 5.41) is 8.06. The molecule has 0 bridgehead atoms. The van der Waals surface area contributed by atoms with Gasteiger partial charge in [-0.25, -0.2) is 0 Å². The van der Waals surface area contributed by atoms with Crippen LogP contribution < -0.4 is 10.6 Å². The molecule has 19 heavy (non-hydrogen) atoms. The van der Waals surface area contributed by atoms with Gasteiger partial charge in [-0.15, -0.1) is 11.3 Å². The van der Waals surface area contributed by atoms with Crippen molar-refractivity contribution in [3.8, 4) is 0 Å². The molecule has 0 saturated carbocycles. The summed E-state index contributed by atoms with van der Waals surface area (Å²) in [6.45, 7) is 3.12. The van der Waals surface area contributed by atoms with Gasteiger partial charge in [-0.1, -0.05) is 22.0 Å². The second kappa shape index (κ2) is 6.84. The number of rotatable bonds is 5. The van der Waals surface area contributed by atoms with Crippen molar-refractivity contribution in [2.75, 3.05) is 11.9 Å². The summed E-state index contributed by atoms with van der Waals surface area (Å²) in [6.07, 6.45) is 0. The van der Waals surface area contributed by atoms with Gasteiger partial charge in [0.25, 0.3) is 0 Å². The molecule has 0 atom stereocenters. The van der Waals surface area contributed by atoms with Gasteiger partial charge in [-0.2, -0.15) is 0 Å². The Balaban J connectivity index is 1.77. The van der Waals surface area contributed by atoms with Crippen LogP contribution in [0.3, 0.4) is 0 Å². The van der Waals surface area contributed by atoms with Crippen LogP contribution in [0, 0.1) is 6.92 Å². The monoisotopic (exact) mass is 338 g/mol. The van der Waals surface area contributed by atoms with Crippen molar-refractivity contribution < 1.29 is 4.79 Å². The quantitative estimate of drug-likeness (QED) is 0.875. The lowest BCUT2D eigenvalue weighted by atomic mass is 10.3. The van der Waals surface area contributed by atoms with Crippen LogP contribution in [-0.2, 0) is 11.3 Å². The van der Waals surface area contributed by atoms with Crippen LogP contribution in [0.2, 0.25) is 0 Å². The number of hydrogen-bond acceptors (Lipinski definition) is 3. The fraction of sp³-hybridized carbons (Fsp3) is 0.214. The van der Waals surface area contributed by atoms with E-state index in [1.165, 1.54) is 10.4 Å². The molecule has 5 heteroatoms. The third-order valence-corrected chi connectivity index (χ3v) is 4.16. The van der Waals surface area contributed by atoms with E-state index in [4.69, 9.17) is 0 Å². The average Bonchev–Trinajstić information content (AvgIpc) is 2.75. The number of aryl methyl sites for hydroxylation is 1. The van der Waals surface area contributed by atoms with Gasteiger partial charge < -0.3 is 10.6 Å². The first-order valence-electron chi connectivity index (χ1n) is 5.94. The number of hydrogen-bond donors (Lipinski definition) is 2. The molecule has 0 aliphatic rings. The van der Waals surface area contributed by atoms with Crippen LogP contribution in [-0.4, -0.2) is 12.5 Å². The first-order valence-corrected chi connectivity index (χ1v) is 7.61. The number of halogens is 1. The van der Waals surface area contributed by atoms with Gasteiger partial charge in [-0.05, 0) is 42.1 Å². The highest BCUT2D eigenvalue weighted by molar-refractivity contribution is 9.10. The Kier molecular flexibility index (Phi) is 5.13. The molecule has 0 fully saturated rings. The lowest BCUT2D eigenvalue weighted by Crippen LogP contribution is -2.27. The maximum Gasteiger partial charge on any atom is 0.238 e. The van der Waals surface area contributed by atoms with E-state index in [9.17, 15) is 4.79 Å². The molecule has 0 radical (unpaired) electrons. The smallest absolute Gasteiger partial charge is 0.238 e. The van der Waals surface area contributed by atoms with Crippen LogP contribution in [0.1, 0.15) is 10.4 Å². The van der Waals surface area contributed by atoms with Gasteiger partial charge in [0.2, 0.25) is 5.91 Å². The van der Waals surface area contributed by atoms with Gasteiger partial charge in [0, 0.05) is 21.6 Å². The Morgan fingerprint density at radius 3 is 2.89 bits per heavy atom. The SMILES string of the molecule is Cc1ccsc1CNCC(=O)Nc1cccc(Br)c1. The standard InChI is InChI=1S/C14H15BrN2OS/c1-10-5-6-19-13(10)8-16-9-14(18)17-12-4-2-3-11(15)7-12/h2-7,16H,8-9H2,1H3,(H,17,18). The Hall–Kier alpha value is -1.17. The second-order valence-corrected chi connectivity index (χ2v) is 6.11. The maximum absolute atomic E-state index is 11.8. The molecule has 2 N–H and O–H groups in total. The number of benzene rings is 1. The first kappa shape index (κ1) is 14.2. The van der Waals surface area contributed by atoms with E-state index in [0.717, 1.165) is 16.7 Å². The zero-order chi connectivity index (χ0) is 13.7. The minimum Gasteiger partial charge on any atom is -0.325 e. The third kappa shape index (κ3) is 4.45. The van der Waals surface area contributed by atoms with Crippen molar-refractivity contribution in [1.82, 2.24) is 5.32 Å². The topological polar surface area (TPSA) is 41.1 Å². The number of thiophene rings is 1. The number of carbonyl (C=O) groups is 1. The van der Waals surface area contributed by atoms with Crippen molar-refractivity contribution >= 4 is 38.9 Å². The highest BCUT2D eigenvalue weighted by Crippen LogP contribution is 2.16. The first-order chi connectivity index (χ1) is 9.15. The molecule has 3 nitrogen and oxygen atoms in total. The molecule has 0 unspecified atom stereocenters. The molecule has 2 rings (SSSR count). The molecular formula is C14H15BrN2OS. The summed E-state index contributed by atoms with van der Waals surface area (Å²) in [5.74, 6) is -0.0349. The molecule has 1 aromatic heterocycles. The Morgan fingerprint density at radius 2 is 2.21 bits per heavy atom. The minimum absolute atomic E-state index is 0.0349. The zero-order valence-corrected chi connectivity index (χ0v) is 13.0. The van der Waals surface area contributed by atoms with E-state index >= 15 is 0 Å². The predicted octanol–water partition coefficient (Wildman–Crippen LogP) is 3.55. The molecule has 0 spiro atoms. The van der Waals surface area contributed by atoms with Gasteiger partial charge >= 0.3 is 0 Å². The molecular weight excluding hydrogens is 324 g/mol. The lowest BCUT2D eigenvalue weighted by molar-refractivity contribution is -0.115. The number of carbonyl (C=O) groups excluding carboxylic acids is 1. The summed E-state index contributed by atoms with van der Waals surface area (Å²) in [5.41, 5.74) is 2.07. The fourth-order valence-electron chi connectivity index (χ4n) is 1.65. The molecule has 1 heterocycles. The summed E-state index contributed by atoms with van der Waals surface area (Å²) in [7, 11) is 0. The molecule has 0 aliphatic carbocycles. The number of amides is 1. The summed E-state index contributed by atoms with van der Waals surface area (Å²) in [4.78, 5) is 13.0. The van der Waals surface area contributed by atoms with Gasteiger partial charge in [-0.3, -0.25) is 4.79 Å². The van der Waals surface area contributed by atoms with Crippen molar-refractivity contribution in [1.29, 1.82) is 0 Å². The van der Waals surface area contributed by atoms with Crippen molar-refractivity contribution in [2.45, 2.75) is 13.5 Å². The highest BCUT2D eigenvalue weighted by Gasteiger charge is 2.04. The molecule has 1 aromatic carbocycles. The minimum atomic E-state index is -0.0349. The van der Waals surface area contributed by atoms with Crippen LogP contribution in [0.25, 0.3) is 0 Å². The van der Waals surface area contributed by atoms with Crippen molar-refractivity contribution in [2.24, 2.45) is 0 Å². The van der Waals surface area contributed by atoms with Crippen LogP contribution >= 0.6 is 27.3 Å². The van der Waals surface area contributed by atoms with E-state index < -0.39 is 0 Å². The average molecular weight is 339 g/mol.